The minimum Gasteiger partial charge on any atom is -0.318 e. The first-order valence-electron chi connectivity index (χ1n) is 6.46. The van der Waals surface area contributed by atoms with Gasteiger partial charge in [-0.3, -0.25) is 0 Å². The fourth-order valence-corrected chi connectivity index (χ4v) is 3.71. The van der Waals surface area contributed by atoms with Crippen LogP contribution in [0.1, 0.15) is 16.7 Å². The number of halogens is 1. The largest absolute Gasteiger partial charge is 0.318 e. The summed E-state index contributed by atoms with van der Waals surface area (Å²) < 4.78 is 1.18. The lowest BCUT2D eigenvalue weighted by atomic mass is 9.76. The first-order chi connectivity index (χ1) is 9.28. The van der Waals surface area contributed by atoms with Crippen LogP contribution in [-0.2, 0) is 5.41 Å². The Hall–Kier alpha value is -1.38. The summed E-state index contributed by atoms with van der Waals surface area (Å²) >= 11 is 3.72. The quantitative estimate of drug-likeness (QED) is 0.903. The molecule has 0 radical (unpaired) electrons. The molecule has 0 fully saturated rings. The predicted molar refractivity (Wildman–Crippen MR) is 84.3 cm³/mol. The highest BCUT2D eigenvalue weighted by Gasteiger charge is 2.37. The van der Waals surface area contributed by atoms with E-state index in [1.165, 1.54) is 21.2 Å². The number of fused-ring (bicyclic) bond motifs is 1. The van der Waals surface area contributed by atoms with Gasteiger partial charge in [0.1, 0.15) is 0 Å². The van der Waals surface area contributed by atoms with Gasteiger partial charge in [0, 0.05) is 11.0 Å². The van der Waals surface area contributed by atoms with Crippen molar-refractivity contribution in [2.75, 3.05) is 13.6 Å². The number of likely N-dealkylation sites (N-methyl/N-ethyl adjacent to an activating group) is 1. The minimum atomic E-state index is -0.0779. The molecular formula is C17H16BrN. The van der Waals surface area contributed by atoms with Crippen LogP contribution in [0.5, 0.6) is 0 Å². The fourth-order valence-electron chi connectivity index (χ4n) is 2.97. The van der Waals surface area contributed by atoms with E-state index in [0.29, 0.717) is 0 Å². The molecule has 0 heterocycles. The maximum atomic E-state index is 3.72. The van der Waals surface area contributed by atoms with E-state index in [2.05, 4.69) is 81.9 Å². The van der Waals surface area contributed by atoms with Crippen LogP contribution in [0.25, 0.3) is 6.08 Å². The highest BCUT2D eigenvalue weighted by atomic mass is 79.9. The normalized spacial score (nSPS) is 20.5. The third kappa shape index (κ3) is 1.96. The fraction of sp³-hybridized carbons (Fsp3) is 0.176. The van der Waals surface area contributed by atoms with Crippen molar-refractivity contribution in [1.82, 2.24) is 5.32 Å². The molecule has 0 saturated carbocycles. The van der Waals surface area contributed by atoms with Crippen LogP contribution in [0.4, 0.5) is 0 Å². The average molecular weight is 314 g/mol. The monoisotopic (exact) mass is 313 g/mol. The summed E-state index contributed by atoms with van der Waals surface area (Å²) in [4.78, 5) is 0. The summed E-state index contributed by atoms with van der Waals surface area (Å²) in [7, 11) is 2.01. The van der Waals surface area contributed by atoms with E-state index in [1.54, 1.807) is 0 Å². The second-order valence-electron chi connectivity index (χ2n) is 4.91. The molecule has 2 aromatic rings. The van der Waals surface area contributed by atoms with Crippen molar-refractivity contribution in [2.24, 2.45) is 0 Å². The molecule has 0 aliphatic heterocycles. The van der Waals surface area contributed by atoms with Crippen molar-refractivity contribution in [1.29, 1.82) is 0 Å². The molecule has 1 N–H and O–H groups in total. The van der Waals surface area contributed by atoms with E-state index in [1.807, 2.05) is 7.05 Å². The van der Waals surface area contributed by atoms with Gasteiger partial charge in [-0.1, -0.05) is 70.5 Å². The molecule has 0 saturated heterocycles. The lowest BCUT2D eigenvalue weighted by molar-refractivity contribution is 0.594. The molecule has 1 atom stereocenters. The van der Waals surface area contributed by atoms with E-state index < -0.39 is 0 Å². The van der Waals surface area contributed by atoms with Gasteiger partial charge in [-0.25, -0.2) is 0 Å². The third-order valence-electron chi connectivity index (χ3n) is 3.78. The van der Waals surface area contributed by atoms with Gasteiger partial charge in [-0.15, -0.1) is 0 Å². The summed E-state index contributed by atoms with van der Waals surface area (Å²) in [6.07, 6.45) is 4.54. The number of hydrogen-bond acceptors (Lipinski definition) is 1. The van der Waals surface area contributed by atoms with Gasteiger partial charge in [0.2, 0.25) is 0 Å². The highest BCUT2D eigenvalue weighted by molar-refractivity contribution is 9.10. The summed E-state index contributed by atoms with van der Waals surface area (Å²) in [6.45, 7) is 0.892. The zero-order valence-corrected chi connectivity index (χ0v) is 12.4. The van der Waals surface area contributed by atoms with Crippen LogP contribution in [0.3, 0.4) is 0 Å². The van der Waals surface area contributed by atoms with Crippen molar-refractivity contribution in [2.45, 2.75) is 5.41 Å². The number of nitrogens with one attached hydrogen (secondary N) is 1. The van der Waals surface area contributed by atoms with Gasteiger partial charge in [0.25, 0.3) is 0 Å². The van der Waals surface area contributed by atoms with Crippen molar-refractivity contribution >= 4 is 22.0 Å². The van der Waals surface area contributed by atoms with Crippen LogP contribution >= 0.6 is 15.9 Å². The Kier molecular flexibility index (Phi) is 3.29. The lowest BCUT2D eigenvalue weighted by Crippen LogP contribution is -2.35. The van der Waals surface area contributed by atoms with Crippen LogP contribution in [0.15, 0.2) is 59.1 Å². The zero-order valence-electron chi connectivity index (χ0n) is 10.9. The topological polar surface area (TPSA) is 12.0 Å². The van der Waals surface area contributed by atoms with Gasteiger partial charge >= 0.3 is 0 Å². The Balaban J connectivity index is 2.24. The molecule has 0 spiro atoms. The summed E-state index contributed by atoms with van der Waals surface area (Å²) in [5.41, 5.74) is 3.90. The molecular weight excluding hydrogens is 298 g/mol. The molecule has 19 heavy (non-hydrogen) atoms. The maximum absolute atomic E-state index is 3.72. The van der Waals surface area contributed by atoms with Gasteiger partial charge in [-0.2, -0.15) is 0 Å². The molecule has 2 heteroatoms. The SMILES string of the molecule is CNCC1(c2ccccc2)C=Cc2cccc(Br)c21. The van der Waals surface area contributed by atoms with E-state index in [9.17, 15) is 0 Å². The molecule has 1 nitrogen and oxygen atoms in total. The minimum absolute atomic E-state index is 0.0779. The Morgan fingerprint density at radius 1 is 1.05 bits per heavy atom. The summed E-state index contributed by atoms with van der Waals surface area (Å²) in [5, 5.41) is 3.34. The average Bonchev–Trinajstić information content (AvgIpc) is 2.82. The molecule has 1 aliphatic carbocycles. The standard InChI is InChI=1S/C17H16BrN/c1-19-12-17(14-7-3-2-4-8-14)11-10-13-6-5-9-15(18)16(13)17/h2-11,19H,12H2,1H3. The smallest absolute Gasteiger partial charge is 0.0526 e. The third-order valence-corrected chi connectivity index (χ3v) is 4.44. The van der Waals surface area contributed by atoms with Gasteiger partial charge < -0.3 is 5.32 Å². The molecule has 3 rings (SSSR count). The van der Waals surface area contributed by atoms with Crippen molar-refractivity contribution < 1.29 is 0 Å². The van der Waals surface area contributed by atoms with Crippen LogP contribution in [0, 0.1) is 0 Å². The number of benzene rings is 2. The Bertz CT molecular complexity index is 618. The second kappa shape index (κ2) is 4.95. The highest BCUT2D eigenvalue weighted by Crippen LogP contribution is 2.44. The summed E-state index contributed by atoms with van der Waals surface area (Å²) in [6, 6.07) is 17.1. The van der Waals surface area contributed by atoms with Gasteiger partial charge in [0.05, 0.1) is 5.41 Å². The molecule has 0 amide bonds. The van der Waals surface area contributed by atoms with E-state index in [0.717, 1.165) is 6.54 Å². The van der Waals surface area contributed by atoms with Gasteiger partial charge in [0.15, 0.2) is 0 Å². The Labute approximate surface area is 122 Å². The Morgan fingerprint density at radius 3 is 2.58 bits per heavy atom. The molecule has 1 unspecified atom stereocenters. The molecule has 0 bridgehead atoms. The summed E-state index contributed by atoms with van der Waals surface area (Å²) in [5.74, 6) is 0. The van der Waals surface area contributed by atoms with Gasteiger partial charge in [-0.05, 0) is 29.8 Å². The first-order valence-corrected chi connectivity index (χ1v) is 7.25. The second-order valence-corrected chi connectivity index (χ2v) is 5.76. The molecule has 0 aromatic heterocycles. The molecule has 96 valence electrons. The zero-order chi connectivity index (χ0) is 13.3. The van der Waals surface area contributed by atoms with E-state index in [4.69, 9.17) is 0 Å². The molecule has 1 aliphatic rings. The van der Waals surface area contributed by atoms with Crippen LogP contribution in [0.2, 0.25) is 0 Å². The Morgan fingerprint density at radius 2 is 1.84 bits per heavy atom. The van der Waals surface area contributed by atoms with E-state index in [-0.39, 0.29) is 5.41 Å². The maximum Gasteiger partial charge on any atom is 0.0526 e. The lowest BCUT2D eigenvalue weighted by Gasteiger charge is -2.30. The van der Waals surface area contributed by atoms with E-state index >= 15 is 0 Å². The van der Waals surface area contributed by atoms with Crippen molar-refractivity contribution in [3.63, 3.8) is 0 Å². The van der Waals surface area contributed by atoms with Crippen molar-refractivity contribution in [3.8, 4) is 0 Å². The predicted octanol–water partition coefficient (Wildman–Crippen LogP) is 3.98. The van der Waals surface area contributed by atoms with Crippen molar-refractivity contribution in [3.05, 3.63) is 75.8 Å². The van der Waals surface area contributed by atoms with Crippen LogP contribution in [-0.4, -0.2) is 13.6 Å². The molecule has 2 aromatic carbocycles. The number of rotatable bonds is 3. The van der Waals surface area contributed by atoms with Crippen LogP contribution < -0.4 is 5.32 Å². The number of hydrogen-bond donors (Lipinski definition) is 1. The first kappa shape index (κ1) is 12.6.